The fraction of sp³-hybridized carbons (Fsp3) is 0.533. The first kappa shape index (κ1) is 17.5. The number of halogens is 1. The molecule has 0 aliphatic carbocycles. The fourth-order valence-corrected chi connectivity index (χ4v) is 2.89. The van der Waals surface area contributed by atoms with E-state index < -0.39 is 5.54 Å². The molecule has 0 amide bonds. The van der Waals surface area contributed by atoms with Gasteiger partial charge in [0.15, 0.2) is 0 Å². The molecule has 0 aliphatic rings. The van der Waals surface area contributed by atoms with Crippen molar-refractivity contribution in [1.29, 1.82) is 0 Å². The first-order valence-corrected chi connectivity index (χ1v) is 8.58. The monoisotopic (exact) mass is 359 g/mol. The minimum absolute atomic E-state index is 0.305. The lowest BCUT2D eigenvalue weighted by Gasteiger charge is -2.21. The molecule has 20 heavy (non-hydrogen) atoms. The quantitative estimate of drug-likeness (QED) is 0.433. The Morgan fingerprint density at radius 2 is 2.00 bits per heavy atom. The van der Waals surface area contributed by atoms with Gasteiger partial charge < -0.3 is 10.5 Å². The molecule has 0 radical (unpaired) electrons. The molecule has 1 atom stereocenters. The molecule has 1 aromatic carbocycles. The number of hydrogen-bond donors (Lipinski definition) is 1. The molecule has 112 valence electrons. The van der Waals surface area contributed by atoms with Crippen LogP contribution in [-0.2, 0) is 9.53 Å². The normalized spacial score (nSPS) is 13.8. The average molecular weight is 360 g/mol. The zero-order valence-corrected chi connectivity index (χ0v) is 14.4. The van der Waals surface area contributed by atoms with E-state index in [4.69, 9.17) is 10.5 Å². The highest BCUT2D eigenvalue weighted by Crippen LogP contribution is 2.22. The molecule has 0 fully saturated rings. The van der Waals surface area contributed by atoms with Gasteiger partial charge in [0.05, 0.1) is 6.61 Å². The van der Waals surface area contributed by atoms with Gasteiger partial charge >= 0.3 is 5.97 Å². The van der Waals surface area contributed by atoms with E-state index in [9.17, 15) is 4.79 Å². The number of benzene rings is 1. The van der Waals surface area contributed by atoms with Crippen LogP contribution in [0.4, 0.5) is 0 Å². The molecule has 0 bridgehead atoms. The van der Waals surface area contributed by atoms with Gasteiger partial charge in [0.2, 0.25) is 0 Å². The van der Waals surface area contributed by atoms with Crippen molar-refractivity contribution in [2.24, 2.45) is 5.73 Å². The maximum atomic E-state index is 11.6. The molecule has 1 aromatic rings. The van der Waals surface area contributed by atoms with Crippen molar-refractivity contribution in [1.82, 2.24) is 0 Å². The highest BCUT2D eigenvalue weighted by atomic mass is 79.9. The maximum absolute atomic E-state index is 11.6. The Morgan fingerprint density at radius 3 is 2.60 bits per heavy atom. The molecule has 3 nitrogen and oxygen atoms in total. The predicted molar refractivity (Wildman–Crippen MR) is 87.9 cm³/mol. The van der Waals surface area contributed by atoms with Crippen molar-refractivity contribution in [2.75, 3.05) is 12.4 Å². The minimum atomic E-state index is -0.863. The topological polar surface area (TPSA) is 52.3 Å². The van der Waals surface area contributed by atoms with Crippen LogP contribution in [0.3, 0.4) is 0 Å². The maximum Gasteiger partial charge on any atom is 0.325 e. The van der Waals surface area contributed by atoms with Crippen molar-refractivity contribution in [3.8, 4) is 0 Å². The van der Waals surface area contributed by atoms with Gasteiger partial charge in [-0.1, -0.05) is 22.4 Å². The zero-order chi connectivity index (χ0) is 15.0. The summed E-state index contributed by atoms with van der Waals surface area (Å²) in [5, 5.41) is 0. The molecule has 1 unspecified atom stereocenters. The molecule has 0 aliphatic heterocycles. The smallest absolute Gasteiger partial charge is 0.325 e. The number of hydrogen-bond acceptors (Lipinski definition) is 4. The van der Waals surface area contributed by atoms with E-state index in [2.05, 4.69) is 28.1 Å². The summed E-state index contributed by atoms with van der Waals surface area (Å²) >= 11 is 5.24. The van der Waals surface area contributed by atoms with E-state index in [1.807, 2.05) is 23.9 Å². The molecule has 0 saturated carbocycles. The highest BCUT2D eigenvalue weighted by Gasteiger charge is 2.28. The van der Waals surface area contributed by atoms with E-state index in [-0.39, 0.29) is 5.97 Å². The van der Waals surface area contributed by atoms with Gasteiger partial charge in [0.25, 0.3) is 0 Å². The largest absolute Gasteiger partial charge is 0.465 e. The number of thioether (sulfide) groups is 1. The Kier molecular flexibility index (Phi) is 7.62. The van der Waals surface area contributed by atoms with Crippen LogP contribution in [0.5, 0.6) is 0 Å². The van der Waals surface area contributed by atoms with Crippen LogP contribution in [0, 0.1) is 0 Å². The molecule has 5 heteroatoms. The van der Waals surface area contributed by atoms with Crippen LogP contribution in [0.15, 0.2) is 33.6 Å². The van der Waals surface area contributed by atoms with Crippen LogP contribution < -0.4 is 5.73 Å². The molecule has 2 N–H and O–H groups in total. The lowest BCUT2D eigenvalue weighted by atomic mass is 9.96. The van der Waals surface area contributed by atoms with Crippen molar-refractivity contribution >= 4 is 33.7 Å². The van der Waals surface area contributed by atoms with Crippen LogP contribution in [0.25, 0.3) is 0 Å². The number of esters is 1. The highest BCUT2D eigenvalue weighted by molar-refractivity contribution is 9.10. The zero-order valence-electron chi connectivity index (χ0n) is 12.0. The van der Waals surface area contributed by atoms with Crippen molar-refractivity contribution in [3.63, 3.8) is 0 Å². The Labute approximate surface area is 133 Å². The van der Waals surface area contributed by atoms with E-state index in [1.165, 1.54) is 4.90 Å². The van der Waals surface area contributed by atoms with Gasteiger partial charge in [-0.3, -0.25) is 4.79 Å². The second-order valence-corrected chi connectivity index (χ2v) is 6.98. The third-order valence-electron chi connectivity index (χ3n) is 2.91. The van der Waals surface area contributed by atoms with Crippen molar-refractivity contribution < 1.29 is 9.53 Å². The van der Waals surface area contributed by atoms with Crippen LogP contribution in [0.1, 0.15) is 33.1 Å². The third kappa shape index (κ3) is 6.29. The first-order valence-electron chi connectivity index (χ1n) is 6.80. The summed E-state index contributed by atoms with van der Waals surface area (Å²) in [5.74, 6) is 0.723. The Bertz CT molecular complexity index is 420. The molecule has 0 spiro atoms. The number of carbonyl (C=O) groups is 1. The number of ether oxygens (including phenoxy) is 1. The number of nitrogens with two attached hydrogens (primary N) is 1. The van der Waals surface area contributed by atoms with Gasteiger partial charge in [-0.2, -0.15) is 0 Å². The fourth-order valence-electron chi connectivity index (χ4n) is 1.71. The van der Waals surface area contributed by atoms with Gasteiger partial charge in [0.1, 0.15) is 5.54 Å². The van der Waals surface area contributed by atoms with E-state index in [0.29, 0.717) is 13.0 Å². The van der Waals surface area contributed by atoms with E-state index >= 15 is 0 Å². The summed E-state index contributed by atoms with van der Waals surface area (Å²) in [7, 11) is 0. The van der Waals surface area contributed by atoms with Gasteiger partial charge in [-0.15, -0.1) is 11.8 Å². The van der Waals surface area contributed by atoms with Gasteiger partial charge in [0, 0.05) is 9.37 Å². The third-order valence-corrected chi connectivity index (χ3v) is 4.54. The molecule has 0 heterocycles. The van der Waals surface area contributed by atoms with Gasteiger partial charge in [-0.05, 0) is 56.7 Å². The van der Waals surface area contributed by atoms with Crippen LogP contribution >= 0.6 is 27.7 Å². The van der Waals surface area contributed by atoms with Gasteiger partial charge in [-0.25, -0.2) is 0 Å². The molecular weight excluding hydrogens is 338 g/mol. The summed E-state index contributed by atoms with van der Waals surface area (Å²) in [6.07, 6.45) is 2.62. The lowest BCUT2D eigenvalue weighted by molar-refractivity contribution is -0.149. The Morgan fingerprint density at radius 1 is 1.35 bits per heavy atom. The first-order chi connectivity index (χ1) is 9.45. The summed E-state index contributed by atoms with van der Waals surface area (Å²) in [5.41, 5.74) is 5.11. The second kappa shape index (κ2) is 8.70. The molecular formula is C15H22BrNO2S. The summed E-state index contributed by atoms with van der Waals surface area (Å²) in [6, 6.07) is 8.28. The Hall–Kier alpha value is -0.520. The minimum Gasteiger partial charge on any atom is -0.465 e. The summed E-state index contributed by atoms with van der Waals surface area (Å²) in [6.45, 7) is 3.92. The van der Waals surface area contributed by atoms with E-state index in [0.717, 1.165) is 23.1 Å². The summed E-state index contributed by atoms with van der Waals surface area (Å²) < 4.78 is 6.06. The predicted octanol–water partition coefficient (Wildman–Crippen LogP) is 3.99. The van der Waals surface area contributed by atoms with Crippen molar-refractivity contribution in [2.45, 2.75) is 43.5 Å². The van der Waals surface area contributed by atoms with Crippen molar-refractivity contribution in [3.05, 3.63) is 28.7 Å². The Balaban J connectivity index is 2.21. The average Bonchev–Trinajstić information content (AvgIpc) is 2.40. The number of carbonyl (C=O) groups excluding carboxylic acids is 1. The summed E-state index contributed by atoms with van der Waals surface area (Å²) in [4.78, 5) is 12.9. The van der Waals surface area contributed by atoms with Crippen LogP contribution in [-0.4, -0.2) is 23.9 Å². The standard InChI is InChI=1S/C15H22BrNO2S/c1-3-19-14(18)15(2,17)10-4-5-11-20-13-8-6-12(16)7-9-13/h6-9H,3-5,10-11,17H2,1-2H3. The number of rotatable bonds is 8. The molecule has 1 rings (SSSR count). The number of unbranched alkanes of at least 4 members (excludes halogenated alkanes) is 1. The van der Waals surface area contributed by atoms with E-state index in [1.54, 1.807) is 13.8 Å². The lowest BCUT2D eigenvalue weighted by Crippen LogP contribution is -2.46. The second-order valence-electron chi connectivity index (χ2n) is 4.90. The molecule has 0 aromatic heterocycles. The SMILES string of the molecule is CCOC(=O)C(C)(N)CCCCSc1ccc(Br)cc1. The van der Waals surface area contributed by atoms with Crippen LogP contribution in [0.2, 0.25) is 0 Å². The molecule has 0 saturated heterocycles.